The molecule has 1 saturated heterocycles. The molecule has 7 heteroatoms. The van der Waals surface area contributed by atoms with Crippen molar-refractivity contribution in [3.63, 3.8) is 0 Å². The molecule has 2 aromatic carbocycles. The molecule has 4 heterocycles. The molecule has 3 aromatic heterocycles. The van der Waals surface area contributed by atoms with E-state index in [-0.39, 0.29) is 0 Å². The predicted molar refractivity (Wildman–Crippen MR) is 141 cm³/mol. The highest BCUT2D eigenvalue weighted by Crippen LogP contribution is 2.46. The van der Waals surface area contributed by atoms with Crippen molar-refractivity contribution in [2.24, 2.45) is 7.05 Å². The van der Waals surface area contributed by atoms with Gasteiger partial charge in [0, 0.05) is 64.4 Å². The fourth-order valence-corrected chi connectivity index (χ4v) is 6.55. The summed E-state index contributed by atoms with van der Waals surface area (Å²) in [7, 11) is 1.98. The lowest BCUT2D eigenvalue weighted by atomic mass is 10.0. The van der Waals surface area contributed by atoms with Crippen molar-refractivity contribution >= 4 is 22.2 Å². The molecule has 0 saturated carbocycles. The molecule has 176 valence electrons. The van der Waals surface area contributed by atoms with E-state index >= 15 is 0 Å². The van der Waals surface area contributed by atoms with Crippen LogP contribution in [0, 0.1) is 0 Å². The van der Waals surface area contributed by atoms with Crippen LogP contribution in [0.2, 0.25) is 0 Å². The number of nitrogens with zero attached hydrogens (tertiary/aromatic N) is 4. The maximum atomic E-state index is 5.58. The second-order valence-electron chi connectivity index (χ2n) is 9.68. The summed E-state index contributed by atoms with van der Waals surface area (Å²) in [5, 5.41) is 13.6. The van der Waals surface area contributed by atoms with Gasteiger partial charge in [0.1, 0.15) is 0 Å². The largest absolute Gasteiger partial charge is 0.379 e. The highest BCUT2D eigenvalue weighted by Gasteiger charge is 2.28. The Hall–Kier alpha value is -3.26. The number of aromatic nitrogens is 4. The van der Waals surface area contributed by atoms with Crippen LogP contribution < -0.4 is 0 Å². The normalized spacial score (nSPS) is 17.7. The molecule has 1 fully saturated rings. The van der Waals surface area contributed by atoms with Crippen LogP contribution in [-0.2, 0) is 24.8 Å². The third-order valence-electron chi connectivity index (χ3n) is 7.43. The standard InChI is InChI=1S/C28H27N5OS/c1-17-16-34-10-9-33(17)15-18-3-5-19(6-4-18)25-12-22-26(35-25)13-23-27(30-31-28(22)23)20-7-8-21-14-29-32(2)24(21)11-20/h3-8,11-12,14,17H,9-10,13,15-16H2,1-2H3,(H,30,31)/t17-/m0/s1. The number of morpholine rings is 1. The van der Waals surface area contributed by atoms with Gasteiger partial charge in [-0.15, -0.1) is 11.3 Å². The second-order valence-corrected chi connectivity index (χ2v) is 10.8. The number of thiophene rings is 1. The summed E-state index contributed by atoms with van der Waals surface area (Å²) in [4.78, 5) is 5.24. The average Bonchev–Trinajstić information content (AvgIpc) is 3.63. The van der Waals surface area contributed by atoms with Gasteiger partial charge in [-0.25, -0.2) is 0 Å². The van der Waals surface area contributed by atoms with E-state index in [0.29, 0.717) is 6.04 Å². The lowest BCUT2D eigenvalue weighted by Gasteiger charge is -2.33. The summed E-state index contributed by atoms with van der Waals surface area (Å²) < 4.78 is 7.49. The van der Waals surface area contributed by atoms with Crippen molar-refractivity contribution in [1.29, 1.82) is 0 Å². The summed E-state index contributed by atoms with van der Waals surface area (Å²) in [6, 6.07) is 18.4. The first-order valence-electron chi connectivity index (χ1n) is 12.2. The Kier molecular flexibility index (Phi) is 4.91. The van der Waals surface area contributed by atoms with Crippen LogP contribution in [0.1, 0.15) is 22.9 Å². The first-order valence-corrected chi connectivity index (χ1v) is 13.0. The van der Waals surface area contributed by atoms with Crippen molar-refractivity contribution in [3.8, 4) is 33.0 Å². The van der Waals surface area contributed by atoms with Gasteiger partial charge in [-0.1, -0.05) is 36.4 Å². The molecule has 1 atom stereocenters. The molecule has 35 heavy (non-hydrogen) atoms. The first kappa shape index (κ1) is 21.1. The minimum Gasteiger partial charge on any atom is -0.379 e. The molecule has 5 aromatic rings. The molecule has 0 amide bonds. The Morgan fingerprint density at radius 2 is 1.97 bits per heavy atom. The Morgan fingerprint density at radius 3 is 2.83 bits per heavy atom. The van der Waals surface area contributed by atoms with Crippen molar-refractivity contribution in [3.05, 3.63) is 70.7 Å². The number of hydrogen-bond acceptors (Lipinski definition) is 5. The topological polar surface area (TPSA) is 59.0 Å². The first-order chi connectivity index (χ1) is 17.1. The molecule has 6 nitrogen and oxygen atoms in total. The van der Waals surface area contributed by atoms with Crippen LogP contribution >= 0.6 is 11.3 Å². The number of aromatic amines is 1. The number of ether oxygens (including phenoxy) is 1. The molecule has 1 N–H and O–H groups in total. The number of nitrogens with one attached hydrogen (secondary N) is 1. The van der Waals surface area contributed by atoms with Gasteiger partial charge in [0.15, 0.2) is 0 Å². The SMILES string of the molecule is C[C@H]1COCCN1Cc1ccc(-c2cc3c(s2)Cc2c(-c4ccc5cnn(C)c5c4)n[nH]c2-3)cc1. The molecular formula is C28H27N5OS. The van der Waals surface area contributed by atoms with Crippen LogP contribution in [-0.4, -0.2) is 50.7 Å². The Balaban J connectivity index is 1.14. The maximum Gasteiger partial charge on any atom is 0.0963 e. The van der Waals surface area contributed by atoms with Gasteiger partial charge in [0.05, 0.1) is 36.3 Å². The van der Waals surface area contributed by atoms with Crippen LogP contribution in [0.3, 0.4) is 0 Å². The van der Waals surface area contributed by atoms with Crippen molar-refractivity contribution in [1.82, 2.24) is 24.9 Å². The van der Waals surface area contributed by atoms with Gasteiger partial charge >= 0.3 is 0 Å². The van der Waals surface area contributed by atoms with Crippen molar-refractivity contribution in [2.45, 2.75) is 25.9 Å². The minimum absolute atomic E-state index is 0.475. The minimum atomic E-state index is 0.475. The average molecular weight is 482 g/mol. The lowest BCUT2D eigenvalue weighted by molar-refractivity contribution is -0.00436. The zero-order valence-corrected chi connectivity index (χ0v) is 20.7. The molecular weight excluding hydrogens is 454 g/mol. The maximum absolute atomic E-state index is 5.58. The number of hydrogen-bond donors (Lipinski definition) is 1. The molecule has 1 aliphatic carbocycles. The van der Waals surface area contributed by atoms with Crippen LogP contribution in [0.15, 0.2) is 54.7 Å². The van der Waals surface area contributed by atoms with E-state index in [1.165, 1.54) is 37.7 Å². The number of rotatable bonds is 4. The van der Waals surface area contributed by atoms with Gasteiger partial charge in [-0.2, -0.15) is 10.2 Å². The third-order valence-corrected chi connectivity index (χ3v) is 8.62. The summed E-state index contributed by atoms with van der Waals surface area (Å²) in [5.41, 5.74) is 9.72. The van der Waals surface area contributed by atoms with Crippen molar-refractivity contribution < 1.29 is 4.74 Å². The summed E-state index contributed by atoms with van der Waals surface area (Å²) >= 11 is 1.90. The number of fused-ring (bicyclic) bond motifs is 4. The quantitative estimate of drug-likeness (QED) is 0.362. The lowest BCUT2D eigenvalue weighted by Crippen LogP contribution is -2.42. The Labute approximate surface area is 208 Å². The van der Waals surface area contributed by atoms with Crippen LogP contribution in [0.25, 0.3) is 43.9 Å². The number of H-pyrrole nitrogens is 1. The van der Waals surface area contributed by atoms with Gasteiger partial charge < -0.3 is 4.74 Å². The summed E-state index contributed by atoms with van der Waals surface area (Å²) in [6.45, 7) is 5.89. The van der Waals surface area contributed by atoms with E-state index < -0.39 is 0 Å². The molecule has 0 bridgehead atoms. The van der Waals surface area contributed by atoms with E-state index in [2.05, 4.69) is 70.6 Å². The van der Waals surface area contributed by atoms with Gasteiger partial charge in [-0.05, 0) is 30.2 Å². The van der Waals surface area contributed by atoms with E-state index in [4.69, 9.17) is 9.84 Å². The van der Waals surface area contributed by atoms with Gasteiger partial charge in [0.25, 0.3) is 0 Å². The van der Waals surface area contributed by atoms with Gasteiger partial charge in [0.2, 0.25) is 0 Å². The molecule has 0 radical (unpaired) electrons. The second kappa shape index (κ2) is 8.16. The number of aryl methyl sites for hydroxylation is 1. The fraction of sp³-hybridized carbons (Fsp3) is 0.286. The zero-order valence-electron chi connectivity index (χ0n) is 19.9. The van der Waals surface area contributed by atoms with Crippen LogP contribution in [0.5, 0.6) is 0 Å². The monoisotopic (exact) mass is 481 g/mol. The summed E-state index contributed by atoms with van der Waals surface area (Å²) in [6.07, 6.45) is 2.83. The fourth-order valence-electron chi connectivity index (χ4n) is 5.37. The molecule has 2 aliphatic rings. The Bertz CT molecular complexity index is 1540. The smallest absolute Gasteiger partial charge is 0.0963 e. The highest BCUT2D eigenvalue weighted by molar-refractivity contribution is 7.16. The van der Waals surface area contributed by atoms with E-state index in [1.54, 1.807) is 0 Å². The zero-order chi connectivity index (χ0) is 23.5. The van der Waals surface area contributed by atoms with Crippen LogP contribution in [0.4, 0.5) is 0 Å². The number of benzene rings is 2. The van der Waals surface area contributed by atoms with E-state index in [1.807, 2.05) is 29.3 Å². The molecule has 1 aliphatic heterocycles. The van der Waals surface area contributed by atoms with E-state index in [9.17, 15) is 0 Å². The molecule has 0 spiro atoms. The van der Waals surface area contributed by atoms with E-state index in [0.717, 1.165) is 54.9 Å². The molecule has 7 rings (SSSR count). The highest BCUT2D eigenvalue weighted by atomic mass is 32.1. The summed E-state index contributed by atoms with van der Waals surface area (Å²) in [5.74, 6) is 0. The Morgan fingerprint density at radius 1 is 1.11 bits per heavy atom. The van der Waals surface area contributed by atoms with Crippen molar-refractivity contribution in [2.75, 3.05) is 19.8 Å². The van der Waals surface area contributed by atoms with Gasteiger partial charge in [-0.3, -0.25) is 14.7 Å². The third kappa shape index (κ3) is 3.54. The molecule has 0 unspecified atom stereocenters. The predicted octanol–water partition coefficient (Wildman–Crippen LogP) is 5.48.